The molecule has 0 spiro atoms. The number of hydrogen-bond donors (Lipinski definition) is 1. The number of hydrogen-bond acceptors (Lipinski definition) is 7. The Morgan fingerprint density at radius 3 is 1.71 bits per heavy atom. The van der Waals surface area contributed by atoms with E-state index < -0.39 is 17.3 Å². The van der Waals surface area contributed by atoms with Crippen molar-refractivity contribution in [3.05, 3.63) is 0 Å². The summed E-state index contributed by atoms with van der Waals surface area (Å²) in [5, 5.41) is 0. The average molecular weight is 504 g/mol. The Kier molecular flexibility index (Phi) is 15.6. The minimum atomic E-state index is -0.729. The quantitative estimate of drug-likeness (QED) is 0.325. The second kappa shape index (κ2) is 15.2. The third-order valence-electron chi connectivity index (χ3n) is 7.05. The maximum Gasteiger partial charge on any atom is 0.311 e. The van der Waals surface area contributed by atoms with Crippen LogP contribution >= 0.6 is 0 Å². The molecule has 0 rings (SSSR count). The number of carbonyl (C=O) groups is 2. The van der Waals surface area contributed by atoms with Crippen LogP contribution < -0.4 is 5.73 Å². The summed E-state index contributed by atoms with van der Waals surface area (Å²) in [5.74, 6) is 0.0393. The third-order valence-corrected chi connectivity index (χ3v) is 7.05. The third kappa shape index (κ3) is 14.2. The van der Waals surface area contributed by atoms with Gasteiger partial charge in [-0.2, -0.15) is 0 Å². The molecular weight excluding hydrogens is 446 g/mol. The Bertz CT molecular complexity index is 619. The molecule has 0 aliphatic rings. The number of esters is 2. The average Bonchev–Trinajstić information content (AvgIpc) is 2.73. The van der Waals surface area contributed by atoms with E-state index in [0.29, 0.717) is 18.3 Å². The minimum absolute atomic E-state index is 0.0623. The van der Waals surface area contributed by atoms with E-state index in [2.05, 4.69) is 78.7 Å². The molecule has 0 saturated carbocycles. The van der Waals surface area contributed by atoms with Crippen LogP contribution in [0.1, 0.15) is 95.9 Å². The van der Waals surface area contributed by atoms with Crippen LogP contribution in [-0.4, -0.2) is 57.1 Å². The molecule has 0 aliphatic carbocycles. The van der Waals surface area contributed by atoms with Gasteiger partial charge in [0.05, 0.1) is 43.4 Å². The molecule has 210 valence electrons. The van der Waals surface area contributed by atoms with E-state index >= 15 is 0 Å². The van der Waals surface area contributed by atoms with Crippen molar-refractivity contribution < 1.29 is 28.5 Å². The number of methoxy groups -OCH3 is 2. The summed E-state index contributed by atoms with van der Waals surface area (Å²) >= 11 is 0. The Hall–Kier alpha value is -1.18. The highest BCUT2D eigenvalue weighted by Gasteiger charge is 2.38. The fourth-order valence-corrected chi connectivity index (χ4v) is 3.05. The van der Waals surface area contributed by atoms with Crippen molar-refractivity contribution in [1.29, 1.82) is 0 Å². The predicted octanol–water partition coefficient (Wildman–Crippen LogP) is 5.63. The van der Waals surface area contributed by atoms with Gasteiger partial charge in [-0.3, -0.25) is 9.59 Å². The molecule has 0 amide bonds. The molecule has 7 heteroatoms. The molecule has 0 radical (unpaired) electrons. The summed E-state index contributed by atoms with van der Waals surface area (Å²) in [4.78, 5) is 22.7. The molecule has 0 bridgehead atoms. The van der Waals surface area contributed by atoms with Crippen LogP contribution in [0.5, 0.6) is 0 Å². The molecule has 0 aromatic rings. The van der Waals surface area contributed by atoms with Gasteiger partial charge in [0.25, 0.3) is 0 Å². The van der Waals surface area contributed by atoms with E-state index in [4.69, 9.17) is 15.2 Å². The van der Waals surface area contributed by atoms with Crippen LogP contribution in [-0.2, 0) is 28.5 Å². The molecule has 35 heavy (non-hydrogen) atoms. The Balaban J connectivity index is 0. The lowest BCUT2D eigenvalue weighted by Gasteiger charge is -2.42. The van der Waals surface area contributed by atoms with E-state index in [0.717, 1.165) is 19.6 Å². The van der Waals surface area contributed by atoms with Crippen LogP contribution in [0.4, 0.5) is 0 Å². The van der Waals surface area contributed by atoms with Crippen molar-refractivity contribution in [2.45, 2.75) is 107 Å². The summed E-state index contributed by atoms with van der Waals surface area (Å²) in [5.41, 5.74) is 4.60. The summed E-state index contributed by atoms with van der Waals surface area (Å²) in [6.07, 6.45) is 1.33. The van der Waals surface area contributed by atoms with E-state index in [1.807, 2.05) is 0 Å². The Morgan fingerprint density at radius 2 is 1.34 bits per heavy atom. The van der Waals surface area contributed by atoms with E-state index in [9.17, 15) is 9.59 Å². The lowest BCUT2D eigenvalue weighted by molar-refractivity contribution is -0.154. The zero-order valence-electron chi connectivity index (χ0n) is 25.3. The molecule has 0 aliphatic heterocycles. The number of rotatable bonds is 13. The molecule has 0 saturated heterocycles. The second-order valence-electron chi connectivity index (χ2n) is 12.7. The molecule has 0 aromatic heterocycles. The monoisotopic (exact) mass is 503 g/mol. The Labute approximate surface area is 216 Å². The predicted molar refractivity (Wildman–Crippen MR) is 143 cm³/mol. The summed E-state index contributed by atoms with van der Waals surface area (Å²) in [6, 6.07) is 0. The molecule has 2 unspecified atom stereocenters. The molecular formula is C28H57NO6. The number of nitrogens with two attached hydrogens (primary N) is 1. The minimum Gasteiger partial charge on any atom is -0.469 e. The maximum absolute atomic E-state index is 11.4. The fraction of sp³-hybridized carbons (Fsp3) is 0.929. The van der Waals surface area contributed by atoms with Gasteiger partial charge in [-0.1, -0.05) is 34.6 Å². The lowest BCUT2D eigenvalue weighted by atomic mass is 9.74. The van der Waals surface area contributed by atoms with Crippen molar-refractivity contribution in [2.24, 2.45) is 34.3 Å². The highest BCUT2D eigenvalue weighted by molar-refractivity contribution is 5.78. The highest BCUT2D eigenvalue weighted by Crippen LogP contribution is 2.38. The first kappa shape index (κ1) is 36.0. The van der Waals surface area contributed by atoms with E-state index in [-0.39, 0.29) is 29.1 Å². The van der Waals surface area contributed by atoms with Crippen LogP contribution in [0, 0.1) is 28.6 Å². The number of carbonyl (C=O) groups excluding carboxylic acids is 2. The molecule has 0 aromatic carbocycles. The van der Waals surface area contributed by atoms with Gasteiger partial charge >= 0.3 is 11.9 Å². The Morgan fingerprint density at radius 1 is 0.829 bits per heavy atom. The fourth-order valence-electron chi connectivity index (χ4n) is 3.05. The SMILES string of the molecule is CC(C)C(C)COC(C)(C)C(C)(C)CCOC(C)(C)C.COC(=O)C(CN)CC(C)(C)C(=O)OC. The maximum atomic E-state index is 11.4. The molecule has 0 heterocycles. The van der Waals surface area contributed by atoms with Gasteiger partial charge in [0, 0.05) is 13.2 Å². The molecule has 2 N–H and O–H groups in total. The summed E-state index contributed by atoms with van der Waals surface area (Å²) in [6.45, 7) is 27.2. The first-order valence-electron chi connectivity index (χ1n) is 12.8. The van der Waals surface area contributed by atoms with Gasteiger partial charge in [0.15, 0.2) is 0 Å². The van der Waals surface area contributed by atoms with E-state index in [1.54, 1.807) is 13.8 Å². The van der Waals surface area contributed by atoms with Gasteiger partial charge in [-0.05, 0) is 78.6 Å². The summed E-state index contributed by atoms with van der Waals surface area (Å²) < 4.78 is 21.3. The zero-order chi connectivity index (χ0) is 28.3. The van der Waals surface area contributed by atoms with Gasteiger partial charge in [0.1, 0.15) is 0 Å². The molecule has 2 atom stereocenters. The summed E-state index contributed by atoms with van der Waals surface area (Å²) in [7, 11) is 2.62. The van der Waals surface area contributed by atoms with Gasteiger partial charge < -0.3 is 24.7 Å². The molecule has 7 nitrogen and oxygen atoms in total. The van der Waals surface area contributed by atoms with Gasteiger partial charge in [0.2, 0.25) is 0 Å². The lowest BCUT2D eigenvalue weighted by Crippen LogP contribution is -2.44. The topological polar surface area (TPSA) is 97.1 Å². The van der Waals surface area contributed by atoms with Gasteiger partial charge in [-0.25, -0.2) is 0 Å². The van der Waals surface area contributed by atoms with Crippen molar-refractivity contribution in [2.75, 3.05) is 34.0 Å². The first-order chi connectivity index (χ1) is 15.7. The standard InChI is InChI=1S/C18H38O2.C10H19NO4/c1-14(2)15(3)13-20-18(9,10)17(7,8)11-12-19-16(4,5)6;1-10(2,9(13)15-4)5-7(6-11)8(12)14-3/h14-15H,11-13H2,1-10H3;7H,5-6,11H2,1-4H3. The second-order valence-corrected chi connectivity index (χ2v) is 12.7. The van der Waals surface area contributed by atoms with Crippen LogP contribution in [0.2, 0.25) is 0 Å². The van der Waals surface area contributed by atoms with E-state index in [1.165, 1.54) is 14.2 Å². The zero-order valence-corrected chi connectivity index (χ0v) is 25.3. The normalized spacial score (nSPS) is 14.6. The number of ether oxygens (including phenoxy) is 4. The van der Waals surface area contributed by atoms with Crippen LogP contribution in [0.3, 0.4) is 0 Å². The first-order valence-corrected chi connectivity index (χ1v) is 12.8. The van der Waals surface area contributed by atoms with Gasteiger partial charge in [-0.15, -0.1) is 0 Å². The van der Waals surface area contributed by atoms with Crippen molar-refractivity contribution >= 4 is 11.9 Å². The molecule has 0 fully saturated rings. The van der Waals surface area contributed by atoms with Crippen molar-refractivity contribution in [3.8, 4) is 0 Å². The smallest absolute Gasteiger partial charge is 0.311 e. The largest absolute Gasteiger partial charge is 0.469 e. The van der Waals surface area contributed by atoms with Crippen molar-refractivity contribution in [1.82, 2.24) is 0 Å². The van der Waals surface area contributed by atoms with Crippen LogP contribution in [0.25, 0.3) is 0 Å². The van der Waals surface area contributed by atoms with Crippen LogP contribution in [0.15, 0.2) is 0 Å². The van der Waals surface area contributed by atoms with Crippen molar-refractivity contribution in [3.63, 3.8) is 0 Å². The highest BCUT2D eigenvalue weighted by atomic mass is 16.5.